The van der Waals surface area contributed by atoms with Gasteiger partial charge in [0.05, 0.1) is 36.9 Å². The molecular formula is C53H62N2O10P+. The molecule has 4 aromatic carbocycles. The van der Waals surface area contributed by atoms with Gasteiger partial charge in [0.2, 0.25) is 5.78 Å². The molecule has 0 aliphatic heterocycles. The Bertz CT molecular complexity index is 2540. The number of phenols is 1. The van der Waals surface area contributed by atoms with Gasteiger partial charge in [-0.1, -0.05) is 67.3 Å². The molecule has 348 valence electrons. The summed E-state index contributed by atoms with van der Waals surface area (Å²) in [6, 6.07) is 28.4. The summed E-state index contributed by atoms with van der Waals surface area (Å²) in [7, 11) is 2.59. The van der Waals surface area contributed by atoms with Crippen LogP contribution in [0.4, 0.5) is 0 Å². The maximum atomic E-state index is 14.4. The second kappa shape index (κ2) is 19.3. The fourth-order valence-electron chi connectivity index (χ4n) is 10.7. The van der Waals surface area contributed by atoms with E-state index in [4.69, 9.17) is 10.5 Å². The highest BCUT2D eigenvalue weighted by molar-refractivity contribution is 7.95. The SMILES string of the molecule is COc1ccc([P+](CCCCCCCC(=O)CCc2ccc3c(c2O)C(O)=C2C(=O)[C@]4(O)C(O)=C(C(N)=O)C(=O)[C@@H](N(C)C)[C@@H]4[C@@H](O)[C@@H]2[C@H]3C)(c2ccc(C)cc2)c2ccc(C)cc2)cc1. The molecule has 0 saturated heterocycles. The van der Waals surface area contributed by atoms with E-state index in [2.05, 4.69) is 86.6 Å². The third-order valence-corrected chi connectivity index (χ3v) is 18.8. The minimum atomic E-state index is -2.99. The lowest BCUT2D eigenvalue weighted by Gasteiger charge is -2.53. The quantitative estimate of drug-likeness (QED) is 0.0414. The number of ketones is 3. The first-order chi connectivity index (χ1) is 31.4. The summed E-state index contributed by atoms with van der Waals surface area (Å²) in [6.45, 7) is 5.91. The van der Waals surface area contributed by atoms with Gasteiger partial charge >= 0.3 is 0 Å². The maximum Gasteiger partial charge on any atom is 0.255 e. The predicted molar refractivity (Wildman–Crippen MR) is 257 cm³/mol. The van der Waals surface area contributed by atoms with Crippen LogP contribution in [-0.4, -0.2) is 98.8 Å². The van der Waals surface area contributed by atoms with Crippen LogP contribution in [0.3, 0.4) is 0 Å². The summed E-state index contributed by atoms with van der Waals surface area (Å²) >= 11 is 0. The highest BCUT2D eigenvalue weighted by atomic mass is 31.2. The lowest BCUT2D eigenvalue weighted by Crippen LogP contribution is -2.70. The molecule has 4 aromatic rings. The van der Waals surface area contributed by atoms with Gasteiger partial charge in [0.15, 0.2) is 11.4 Å². The topological polar surface area (TPSA) is 208 Å². The van der Waals surface area contributed by atoms with Gasteiger partial charge in [-0.2, -0.15) is 0 Å². The van der Waals surface area contributed by atoms with Gasteiger partial charge in [-0.25, -0.2) is 0 Å². The molecule has 0 unspecified atom stereocenters. The van der Waals surface area contributed by atoms with Gasteiger partial charge in [0.25, 0.3) is 5.91 Å². The second-order valence-corrected chi connectivity index (χ2v) is 22.2. The Labute approximate surface area is 387 Å². The van der Waals surface area contributed by atoms with Crippen molar-refractivity contribution in [2.45, 2.75) is 95.8 Å². The lowest BCUT2D eigenvalue weighted by molar-refractivity contribution is -0.169. The fraction of sp³-hybridized carbons (Fsp3) is 0.396. The smallest absolute Gasteiger partial charge is 0.255 e. The first-order valence-electron chi connectivity index (χ1n) is 22.8. The van der Waals surface area contributed by atoms with Crippen molar-refractivity contribution in [1.82, 2.24) is 4.90 Å². The molecule has 13 heteroatoms. The third-order valence-electron chi connectivity index (χ3n) is 14.3. The number of carbonyl (C=O) groups is 4. The van der Waals surface area contributed by atoms with Crippen molar-refractivity contribution >= 4 is 52.2 Å². The molecule has 3 aliphatic carbocycles. The molecule has 66 heavy (non-hydrogen) atoms. The minimum Gasteiger partial charge on any atom is -0.508 e. The number of benzene rings is 4. The second-order valence-electron chi connectivity index (χ2n) is 18.5. The molecule has 6 atom stereocenters. The van der Waals surface area contributed by atoms with Gasteiger partial charge in [0, 0.05) is 24.3 Å². The first kappa shape index (κ1) is 48.3. The van der Waals surface area contributed by atoms with Crippen molar-refractivity contribution in [3.05, 3.63) is 130 Å². The maximum absolute atomic E-state index is 14.4. The zero-order valence-corrected chi connectivity index (χ0v) is 39.5. The number of hydrogen-bond donors (Lipinski definition) is 6. The van der Waals surface area contributed by atoms with Gasteiger partial charge < -0.3 is 36.0 Å². The Balaban J connectivity index is 1.01. The van der Waals surface area contributed by atoms with E-state index in [1.807, 2.05) is 0 Å². The number of likely N-dealkylation sites (N-methyl/N-ethyl adjacent to an activating group) is 1. The molecule has 7 rings (SSSR count). The Morgan fingerprint density at radius 1 is 0.788 bits per heavy atom. The molecule has 1 amide bonds. The Kier molecular flexibility index (Phi) is 14.1. The van der Waals surface area contributed by atoms with E-state index in [-0.39, 0.29) is 29.9 Å². The number of ether oxygens (including phenoxy) is 1. The van der Waals surface area contributed by atoms with E-state index in [0.717, 1.165) is 44.0 Å². The third kappa shape index (κ3) is 8.38. The zero-order chi connectivity index (χ0) is 47.8. The van der Waals surface area contributed by atoms with Crippen molar-refractivity contribution in [2.24, 2.45) is 17.6 Å². The van der Waals surface area contributed by atoms with Gasteiger partial charge in [-0.3, -0.25) is 24.1 Å². The van der Waals surface area contributed by atoms with Crippen LogP contribution in [0.15, 0.2) is 102 Å². The van der Waals surface area contributed by atoms with Crippen molar-refractivity contribution in [1.29, 1.82) is 0 Å². The van der Waals surface area contributed by atoms with Crippen LogP contribution in [0.2, 0.25) is 0 Å². The monoisotopic (exact) mass is 917 g/mol. The minimum absolute atomic E-state index is 0.0278. The molecule has 0 radical (unpaired) electrons. The summed E-state index contributed by atoms with van der Waals surface area (Å²) in [4.78, 5) is 54.7. The number of aliphatic hydroxyl groups excluding tert-OH is 3. The number of fused-ring (bicyclic) bond motifs is 3. The number of aliphatic hydroxyl groups is 4. The Hall–Kier alpha value is -5.65. The summed E-state index contributed by atoms with van der Waals surface area (Å²) in [5.74, 6) is -8.53. The van der Waals surface area contributed by atoms with E-state index < -0.39 is 82.9 Å². The summed E-state index contributed by atoms with van der Waals surface area (Å²) in [5, 5.41) is 62.4. The van der Waals surface area contributed by atoms with Crippen molar-refractivity contribution in [3.63, 3.8) is 0 Å². The van der Waals surface area contributed by atoms with Crippen molar-refractivity contribution < 1.29 is 49.4 Å². The van der Waals surface area contributed by atoms with E-state index >= 15 is 0 Å². The highest BCUT2D eigenvalue weighted by Gasteiger charge is 2.68. The number of primary amides is 1. The van der Waals surface area contributed by atoms with E-state index in [1.165, 1.54) is 46.0 Å². The van der Waals surface area contributed by atoms with E-state index in [0.29, 0.717) is 17.5 Å². The fourth-order valence-corrected chi connectivity index (χ4v) is 15.1. The summed E-state index contributed by atoms with van der Waals surface area (Å²) in [6.07, 6.45) is 4.62. The number of phenolic OH excluding ortho intramolecular Hbond substituents is 1. The highest BCUT2D eigenvalue weighted by Crippen LogP contribution is 2.58. The molecular weight excluding hydrogens is 856 g/mol. The average Bonchev–Trinajstić information content (AvgIpc) is 3.28. The number of nitrogens with zero attached hydrogens (tertiary/aromatic N) is 1. The Morgan fingerprint density at radius 3 is 1.88 bits per heavy atom. The van der Waals surface area contributed by atoms with Gasteiger partial charge in [0.1, 0.15) is 57.5 Å². The largest absolute Gasteiger partial charge is 0.508 e. The molecule has 12 nitrogen and oxygen atoms in total. The van der Waals surface area contributed by atoms with Crippen LogP contribution < -0.4 is 26.4 Å². The molecule has 0 heterocycles. The molecule has 1 saturated carbocycles. The molecule has 7 N–H and O–H groups in total. The van der Waals surface area contributed by atoms with Crippen LogP contribution >= 0.6 is 7.26 Å². The normalized spacial score (nSPS) is 22.8. The van der Waals surface area contributed by atoms with Crippen LogP contribution in [-0.2, 0) is 25.6 Å². The van der Waals surface area contributed by atoms with Crippen LogP contribution in [0.5, 0.6) is 11.5 Å². The number of unbranched alkanes of at least 4 members (excludes halogenated alkanes) is 4. The van der Waals surface area contributed by atoms with E-state index in [1.54, 1.807) is 26.2 Å². The molecule has 0 spiro atoms. The summed E-state index contributed by atoms with van der Waals surface area (Å²) in [5.41, 5.74) is 4.14. The number of amides is 1. The number of Topliss-reactive ketones (excluding diaryl/α,β-unsaturated/α-hetero) is 3. The average molecular weight is 918 g/mol. The predicted octanol–water partition coefficient (Wildman–Crippen LogP) is 5.96. The lowest BCUT2D eigenvalue weighted by atomic mass is 9.54. The van der Waals surface area contributed by atoms with Crippen LogP contribution in [0, 0.1) is 25.7 Å². The molecule has 1 fully saturated rings. The number of nitrogens with two attached hydrogens (primary N) is 1. The number of methoxy groups -OCH3 is 1. The van der Waals surface area contributed by atoms with Gasteiger partial charge in [-0.15, -0.1) is 0 Å². The van der Waals surface area contributed by atoms with Gasteiger partial charge in [-0.05, 0) is 119 Å². The van der Waals surface area contributed by atoms with Crippen LogP contribution in [0.1, 0.15) is 85.6 Å². The van der Waals surface area contributed by atoms with E-state index in [9.17, 15) is 44.7 Å². The number of aryl methyl sites for hydroxylation is 3. The zero-order valence-electron chi connectivity index (χ0n) is 38.6. The first-order valence-corrected chi connectivity index (χ1v) is 24.7. The molecule has 0 bridgehead atoms. The molecule has 0 aromatic heterocycles. The Morgan fingerprint density at radius 2 is 1.33 bits per heavy atom. The molecule has 3 aliphatic rings. The standard InChI is InChI=1S/C53H61N2O10P/c1-30-13-22-36(23-14-30)66(37-24-15-31(2)16-25-37,38-26-20-35(65-6)21-27-38)29-11-9-7-8-10-12-34(56)19-17-33-18-28-39-32(3)40-42(47(58)41(39)46(33)57)50(61)53(64)44(48(40)59)45(55(4)5)49(60)43(51(53)62)52(54)63/h13-16,18,20-28,32,40,44-45,48,59,64H,7-12,17,19,29H2,1-6H3,(H4-,54,57,58,60,61,62,63)/p+1/t32-,40+,44+,45-,48-,53-/m0/s1. The van der Waals surface area contributed by atoms with Crippen molar-refractivity contribution in [2.75, 3.05) is 27.4 Å². The van der Waals surface area contributed by atoms with Crippen molar-refractivity contribution in [3.8, 4) is 11.5 Å². The van der Waals surface area contributed by atoms with Crippen LogP contribution in [0.25, 0.3) is 5.76 Å². The number of aromatic hydroxyl groups is 1. The summed E-state index contributed by atoms with van der Waals surface area (Å²) < 4.78 is 5.52. The number of rotatable bonds is 17. The number of hydrogen-bond acceptors (Lipinski definition) is 11. The number of carbonyl (C=O) groups excluding carboxylic acids is 4.